The van der Waals surface area contributed by atoms with E-state index in [1.807, 2.05) is 24.3 Å². The Bertz CT molecular complexity index is 1880. The van der Waals surface area contributed by atoms with E-state index in [2.05, 4.69) is 106 Å². The van der Waals surface area contributed by atoms with Gasteiger partial charge in [-0.05, 0) is 46.0 Å². The van der Waals surface area contributed by atoms with Crippen LogP contribution in [0.2, 0.25) is 5.04 Å². The first kappa shape index (κ1) is 30.2. The molecule has 2 heterocycles. The Morgan fingerprint density at radius 2 is 1.17 bits per heavy atom. The maximum atomic E-state index is 13.4. The number of amides is 2. The second kappa shape index (κ2) is 11.7. The maximum Gasteiger partial charge on any atom is 0.261 e. The Kier molecular flexibility index (Phi) is 7.71. The van der Waals surface area contributed by atoms with Gasteiger partial charge in [0.2, 0.25) is 9.76 Å². The van der Waals surface area contributed by atoms with Crippen molar-refractivity contribution in [2.45, 2.75) is 47.7 Å². The molecular formula is C39H34N2O3SSi. The van der Waals surface area contributed by atoms with Gasteiger partial charge in [-0.1, -0.05) is 130 Å². The molecule has 46 heavy (non-hydrogen) atoms. The van der Waals surface area contributed by atoms with Gasteiger partial charge in [-0.2, -0.15) is 0 Å². The van der Waals surface area contributed by atoms with Crippen molar-refractivity contribution in [3.05, 3.63) is 155 Å². The normalized spacial score (nSPS) is 14.3. The molecule has 0 aliphatic carbocycles. The van der Waals surface area contributed by atoms with Gasteiger partial charge in [0.1, 0.15) is 5.60 Å². The highest BCUT2D eigenvalue weighted by atomic mass is 32.2. The van der Waals surface area contributed by atoms with Gasteiger partial charge in [-0.3, -0.25) is 14.5 Å². The smallest absolute Gasteiger partial charge is 0.261 e. The number of nitrogens with zero attached hydrogens (tertiary/aromatic N) is 2. The van der Waals surface area contributed by atoms with Crippen molar-refractivity contribution in [3.8, 4) is 0 Å². The van der Waals surface area contributed by atoms with Crippen LogP contribution in [-0.2, 0) is 16.6 Å². The molecule has 0 N–H and O–H groups in total. The van der Waals surface area contributed by atoms with Crippen LogP contribution in [0.15, 0.2) is 131 Å². The number of anilines is 2. The Morgan fingerprint density at radius 3 is 1.74 bits per heavy atom. The fourth-order valence-corrected chi connectivity index (χ4v) is 8.48. The van der Waals surface area contributed by atoms with Crippen molar-refractivity contribution in [2.24, 2.45) is 0 Å². The second-order valence-electron chi connectivity index (χ2n) is 12.7. The zero-order valence-corrected chi connectivity index (χ0v) is 28.1. The monoisotopic (exact) mass is 638 g/mol. The van der Waals surface area contributed by atoms with Gasteiger partial charge in [0.25, 0.3) is 11.8 Å². The fourth-order valence-electron chi connectivity index (χ4n) is 6.26. The number of carbonyl (C=O) groups is 2. The number of fused-ring (bicyclic) bond motifs is 3. The molecule has 0 spiro atoms. The lowest BCUT2D eigenvalue weighted by atomic mass is 9.80. The third-order valence-electron chi connectivity index (χ3n) is 8.45. The van der Waals surface area contributed by atoms with Gasteiger partial charge in [0.05, 0.1) is 29.0 Å². The van der Waals surface area contributed by atoms with Crippen LogP contribution in [0.25, 0.3) is 0 Å². The van der Waals surface area contributed by atoms with E-state index in [0.29, 0.717) is 11.1 Å². The van der Waals surface area contributed by atoms with E-state index in [0.717, 1.165) is 43.4 Å². The van der Waals surface area contributed by atoms with Gasteiger partial charge in [-0.15, -0.1) is 0 Å². The molecule has 0 saturated carbocycles. The molecule has 7 heteroatoms. The summed E-state index contributed by atoms with van der Waals surface area (Å²) >= 11 is 1.69. The van der Waals surface area contributed by atoms with Crippen LogP contribution in [0.5, 0.6) is 0 Å². The summed E-state index contributed by atoms with van der Waals surface area (Å²) in [6.45, 7) is 6.81. The predicted octanol–water partition coefficient (Wildman–Crippen LogP) is 8.86. The molecule has 5 aromatic carbocycles. The van der Waals surface area contributed by atoms with Crippen molar-refractivity contribution in [3.63, 3.8) is 0 Å². The molecule has 0 aromatic heterocycles. The summed E-state index contributed by atoms with van der Waals surface area (Å²) in [6.07, 6.45) is 0. The van der Waals surface area contributed by atoms with E-state index in [1.54, 1.807) is 36.0 Å². The number of imide groups is 1. The Balaban J connectivity index is 1.39. The van der Waals surface area contributed by atoms with E-state index < -0.39 is 5.60 Å². The van der Waals surface area contributed by atoms with Crippen LogP contribution in [-0.4, -0.2) is 33.5 Å². The molecule has 5 nitrogen and oxygen atoms in total. The van der Waals surface area contributed by atoms with E-state index in [4.69, 9.17) is 4.43 Å². The molecule has 7 rings (SSSR count). The van der Waals surface area contributed by atoms with Crippen LogP contribution >= 0.6 is 11.8 Å². The molecule has 2 radical (unpaired) electrons. The third-order valence-corrected chi connectivity index (χ3v) is 10.8. The Morgan fingerprint density at radius 1 is 0.652 bits per heavy atom. The molecule has 0 bridgehead atoms. The van der Waals surface area contributed by atoms with E-state index in [1.165, 1.54) is 4.90 Å². The number of rotatable bonds is 7. The summed E-state index contributed by atoms with van der Waals surface area (Å²) in [5, 5.41) is -0.0558. The van der Waals surface area contributed by atoms with Gasteiger partial charge in [0, 0.05) is 22.4 Å². The molecular weight excluding hydrogens is 605 g/mol. The van der Waals surface area contributed by atoms with Crippen LogP contribution < -0.4 is 4.90 Å². The minimum atomic E-state index is -0.887. The SMILES string of the molecule is CN1c2cccc(CN3C(=O)c4ccccc4C3=O)c2Sc2c1cccc2C(O[Si]C(C)(C)C)(c1ccccc1)c1ccccc1. The quantitative estimate of drug-likeness (QED) is 0.101. The molecule has 228 valence electrons. The maximum absolute atomic E-state index is 13.4. The first-order chi connectivity index (χ1) is 22.2. The first-order valence-electron chi connectivity index (χ1n) is 15.4. The molecule has 0 saturated heterocycles. The van der Waals surface area contributed by atoms with Gasteiger partial charge >= 0.3 is 0 Å². The third kappa shape index (κ3) is 5.09. The molecule has 2 amide bonds. The summed E-state index contributed by atoms with van der Waals surface area (Å²) in [4.78, 5) is 32.4. The van der Waals surface area contributed by atoms with E-state index >= 15 is 0 Å². The summed E-state index contributed by atoms with van der Waals surface area (Å²) in [7, 11) is 2.30. The highest BCUT2D eigenvalue weighted by Gasteiger charge is 2.43. The molecule has 0 atom stereocenters. The molecule has 0 unspecified atom stereocenters. The number of carbonyl (C=O) groups excluding carboxylic acids is 2. The first-order valence-corrected chi connectivity index (χ1v) is 17.1. The molecule has 5 aromatic rings. The largest absolute Gasteiger partial charge is 0.400 e. The lowest BCUT2D eigenvalue weighted by molar-refractivity contribution is 0.0641. The highest BCUT2D eigenvalue weighted by Crippen LogP contribution is 2.55. The van der Waals surface area contributed by atoms with Gasteiger partial charge < -0.3 is 9.33 Å². The van der Waals surface area contributed by atoms with Crippen LogP contribution in [0.4, 0.5) is 11.4 Å². The van der Waals surface area contributed by atoms with Crippen molar-refractivity contribution < 1.29 is 14.0 Å². The lowest BCUT2D eigenvalue weighted by Crippen LogP contribution is -2.37. The predicted molar refractivity (Wildman–Crippen MR) is 185 cm³/mol. The summed E-state index contributed by atoms with van der Waals surface area (Å²) in [5.41, 5.74) is 6.23. The summed E-state index contributed by atoms with van der Waals surface area (Å²) < 4.78 is 7.24. The van der Waals surface area contributed by atoms with Gasteiger partial charge in [0.15, 0.2) is 0 Å². The molecule has 2 aliphatic rings. The number of benzene rings is 5. The average molecular weight is 639 g/mol. The Hall–Kier alpha value is -4.43. The zero-order valence-electron chi connectivity index (χ0n) is 26.3. The second-order valence-corrected chi connectivity index (χ2v) is 15.6. The molecule has 0 fully saturated rings. The summed E-state index contributed by atoms with van der Waals surface area (Å²) in [5.74, 6) is -0.505. The number of hydrogen-bond acceptors (Lipinski definition) is 5. The van der Waals surface area contributed by atoms with Crippen molar-refractivity contribution in [1.82, 2.24) is 4.90 Å². The standard InChI is InChI=1S/C39H34N2O3SSi/c1-38(2,3)46-44-39(27-16-7-5-8-17-27,28-18-9-6-10-19-28)31-22-14-24-33-35(31)45-34-26(15-13-23-32(34)40(33)4)25-41-36(42)29-20-11-12-21-30(29)37(41)43/h5-24H,25H2,1-4H3. The van der Waals surface area contributed by atoms with Crippen molar-refractivity contribution >= 4 is 44.7 Å². The fraction of sp³-hybridized carbons (Fsp3) is 0.179. The lowest BCUT2D eigenvalue weighted by Gasteiger charge is -2.41. The van der Waals surface area contributed by atoms with Gasteiger partial charge in [-0.25, -0.2) is 0 Å². The zero-order chi connectivity index (χ0) is 32.1. The number of hydrogen-bond donors (Lipinski definition) is 0. The van der Waals surface area contributed by atoms with Crippen molar-refractivity contribution in [1.29, 1.82) is 0 Å². The minimum Gasteiger partial charge on any atom is -0.400 e. The van der Waals surface area contributed by atoms with Crippen LogP contribution in [0.3, 0.4) is 0 Å². The topological polar surface area (TPSA) is 49.9 Å². The van der Waals surface area contributed by atoms with Crippen molar-refractivity contribution in [2.75, 3.05) is 11.9 Å². The molecule has 2 aliphatic heterocycles. The Labute approximate surface area is 277 Å². The van der Waals surface area contributed by atoms with E-state index in [9.17, 15) is 9.59 Å². The van der Waals surface area contributed by atoms with Crippen LogP contribution in [0.1, 0.15) is 63.7 Å². The minimum absolute atomic E-state index is 0.0558. The summed E-state index contributed by atoms with van der Waals surface area (Å²) in [6, 6.07) is 40.6. The highest BCUT2D eigenvalue weighted by molar-refractivity contribution is 7.99. The van der Waals surface area contributed by atoms with Crippen LogP contribution in [0, 0.1) is 0 Å². The average Bonchev–Trinajstić information content (AvgIpc) is 3.31. The van der Waals surface area contributed by atoms with E-state index in [-0.39, 0.29) is 33.2 Å².